The summed E-state index contributed by atoms with van der Waals surface area (Å²) in [4.78, 5) is 11.3. The van der Waals surface area contributed by atoms with Crippen LogP contribution in [-0.2, 0) is 11.2 Å². The molecule has 0 aliphatic carbocycles. The van der Waals surface area contributed by atoms with Crippen LogP contribution in [-0.4, -0.2) is 28.8 Å². The second-order valence-electron chi connectivity index (χ2n) is 3.67. The molecule has 1 aromatic rings. The maximum absolute atomic E-state index is 11.3. The molecule has 1 unspecified atom stereocenters. The minimum Gasteiger partial charge on any atom is -0.392 e. The van der Waals surface area contributed by atoms with Crippen LogP contribution in [0, 0.1) is 6.92 Å². The molecule has 0 aliphatic rings. The van der Waals surface area contributed by atoms with Gasteiger partial charge in [-0.1, -0.05) is 5.16 Å². The van der Waals surface area contributed by atoms with Gasteiger partial charge in [0.1, 0.15) is 0 Å². The van der Waals surface area contributed by atoms with Crippen LogP contribution in [0.25, 0.3) is 0 Å². The molecule has 1 rings (SSSR count). The van der Waals surface area contributed by atoms with E-state index in [1.54, 1.807) is 13.8 Å². The van der Waals surface area contributed by atoms with Crippen molar-refractivity contribution >= 4 is 17.5 Å². The van der Waals surface area contributed by atoms with Gasteiger partial charge in [0.05, 0.1) is 11.8 Å². The number of hydrogen-bond acceptors (Lipinski definition) is 4. The van der Waals surface area contributed by atoms with E-state index in [0.29, 0.717) is 18.5 Å². The third-order valence-electron chi connectivity index (χ3n) is 2.13. The van der Waals surface area contributed by atoms with Crippen LogP contribution in [0.15, 0.2) is 4.52 Å². The summed E-state index contributed by atoms with van der Waals surface area (Å²) in [7, 11) is 0. The molecule has 1 amide bonds. The number of aryl methyl sites for hydroxylation is 1. The van der Waals surface area contributed by atoms with Crippen molar-refractivity contribution < 1.29 is 14.4 Å². The van der Waals surface area contributed by atoms with Crippen LogP contribution in [0.3, 0.4) is 0 Å². The Labute approximate surface area is 98.8 Å². The largest absolute Gasteiger partial charge is 0.392 e. The molecule has 0 fully saturated rings. The first-order chi connectivity index (χ1) is 7.50. The molecule has 0 saturated carbocycles. The molecule has 0 radical (unpaired) electrons. The Balaban J connectivity index is 2.37. The van der Waals surface area contributed by atoms with Crippen molar-refractivity contribution in [2.24, 2.45) is 0 Å². The maximum Gasteiger partial charge on any atom is 0.229 e. The molecule has 0 spiro atoms. The molecular formula is C10H15ClN2O3. The first kappa shape index (κ1) is 13.0. The number of nitrogens with one attached hydrogen (secondary N) is 1. The molecule has 0 saturated heterocycles. The Hall–Kier alpha value is -1.07. The van der Waals surface area contributed by atoms with Gasteiger partial charge in [-0.25, -0.2) is 0 Å². The summed E-state index contributed by atoms with van der Waals surface area (Å²) in [5.74, 6) is -0.127. The third kappa shape index (κ3) is 3.83. The lowest BCUT2D eigenvalue weighted by molar-refractivity contribution is -0.121. The van der Waals surface area contributed by atoms with Gasteiger partial charge in [-0.05, 0) is 31.9 Å². The quantitative estimate of drug-likeness (QED) is 0.815. The molecule has 6 heteroatoms. The van der Waals surface area contributed by atoms with Crippen LogP contribution in [0.4, 0.5) is 0 Å². The van der Waals surface area contributed by atoms with Gasteiger partial charge in [0.2, 0.25) is 11.1 Å². The zero-order valence-corrected chi connectivity index (χ0v) is 10.0. The van der Waals surface area contributed by atoms with E-state index >= 15 is 0 Å². The molecule has 16 heavy (non-hydrogen) atoms. The third-order valence-corrected chi connectivity index (χ3v) is 2.43. The van der Waals surface area contributed by atoms with E-state index in [9.17, 15) is 4.79 Å². The highest BCUT2D eigenvalue weighted by molar-refractivity contribution is 6.29. The predicted molar refractivity (Wildman–Crippen MR) is 59.3 cm³/mol. The number of aliphatic hydroxyl groups is 1. The van der Waals surface area contributed by atoms with Gasteiger partial charge < -0.3 is 14.9 Å². The summed E-state index contributed by atoms with van der Waals surface area (Å²) >= 11 is 5.76. The van der Waals surface area contributed by atoms with Gasteiger partial charge in [-0.3, -0.25) is 4.79 Å². The van der Waals surface area contributed by atoms with E-state index in [1.807, 2.05) is 0 Å². The Bertz CT molecular complexity index is 343. The van der Waals surface area contributed by atoms with E-state index in [4.69, 9.17) is 21.2 Å². The minimum atomic E-state index is -0.537. The molecular weight excluding hydrogens is 232 g/mol. The van der Waals surface area contributed by atoms with Crippen LogP contribution < -0.4 is 5.32 Å². The molecule has 1 aromatic heterocycles. The van der Waals surface area contributed by atoms with Gasteiger partial charge in [-0.15, -0.1) is 0 Å². The molecule has 1 atom stereocenters. The van der Waals surface area contributed by atoms with Crippen LogP contribution in [0.1, 0.15) is 24.6 Å². The topological polar surface area (TPSA) is 75.4 Å². The Kier molecular flexibility index (Phi) is 4.76. The summed E-state index contributed by atoms with van der Waals surface area (Å²) in [5, 5.41) is 15.5. The van der Waals surface area contributed by atoms with E-state index in [1.165, 1.54) is 0 Å². The lowest BCUT2D eigenvalue weighted by atomic mass is 10.1. The van der Waals surface area contributed by atoms with Gasteiger partial charge in [0.25, 0.3) is 0 Å². The van der Waals surface area contributed by atoms with Gasteiger partial charge >= 0.3 is 0 Å². The smallest absolute Gasteiger partial charge is 0.229 e. The zero-order valence-electron chi connectivity index (χ0n) is 9.29. The van der Waals surface area contributed by atoms with Crippen molar-refractivity contribution in [3.63, 3.8) is 0 Å². The minimum absolute atomic E-state index is 0.127. The molecule has 0 bridgehead atoms. The molecule has 5 nitrogen and oxygen atoms in total. The fourth-order valence-corrected chi connectivity index (χ4v) is 1.49. The van der Waals surface area contributed by atoms with Gasteiger partial charge in [-0.2, -0.15) is 0 Å². The second-order valence-corrected chi connectivity index (χ2v) is 4.02. The molecule has 2 N–H and O–H groups in total. The molecule has 0 aromatic carbocycles. The summed E-state index contributed by atoms with van der Waals surface area (Å²) in [6.07, 6.45) is 0.249. The predicted octanol–water partition coefficient (Wildman–Crippen LogP) is 1.07. The first-order valence-electron chi connectivity index (χ1n) is 5.06. The van der Waals surface area contributed by atoms with Crippen molar-refractivity contribution in [3.05, 3.63) is 16.5 Å². The highest BCUT2D eigenvalue weighted by atomic mass is 35.5. The van der Waals surface area contributed by atoms with Crippen molar-refractivity contribution in [2.45, 2.75) is 32.8 Å². The number of halogens is 1. The maximum atomic E-state index is 11.3. The Morgan fingerprint density at radius 3 is 2.88 bits per heavy atom. The zero-order chi connectivity index (χ0) is 12.1. The first-order valence-corrected chi connectivity index (χ1v) is 5.44. The van der Waals surface area contributed by atoms with Gasteiger partial charge in [0, 0.05) is 18.5 Å². The van der Waals surface area contributed by atoms with Crippen LogP contribution >= 0.6 is 11.6 Å². The summed E-state index contributed by atoms with van der Waals surface area (Å²) in [5.41, 5.74) is 1.46. The lowest BCUT2D eigenvalue weighted by Crippen LogP contribution is -2.30. The normalized spacial score (nSPS) is 12.5. The number of aromatic nitrogens is 1. The number of rotatable bonds is 5. The Morgan fingerprint density at radius 1 is 1.69 bits per heavy atom. The average Bonchev–Trinajstić information content (AvgIpc) is 2.53. The molecule has 90 valence electrons. The second kappa shape index (κ2) is 5.86. The highest BCUT2D eigenvalue weighted by Crippen LogP contribution is 2.20. The van der Waals surface area contributed by atoms with E-state index in [-0.39, 0.29) is 17.7 Å². The van der Waals surface area contributed by atoms with Crippen molar-refractivity contribution in [3.8, 4) is 0 Å². The van der Waals surface area contributed by atoms with Crippen molar-refractivity contribution in [1.29, 1.82) is 0 Å². The molecule has 1 heterocycles. The standard InChI is InChI=1S/C10H15ClN2O3/c1-6(14)5-12-9(15)4-3-8-7(2)13-16-10(8)11/h6,14H,3-5H2,1-2H3,(H,12,15). The number of nitrogens with zero attached hydrogens (tertiary/aromatic N) is 1. The number of amides is 1. The van der Waals surface area contributed by atoms with Gasteiger partial charge in [0.15, 0.2) is 0 Å². The van der Waals surface area contributed by atoms with Crippen LogP contribution in [0.5, 0.6) is 0 Å². The number of carbonyl (C=O) groups excluding carboxylic acids is 1. The van der Waals surface area contributed by atoms with Crippen molar-refractivity contribution in [1.82, 2.24) is 10.5 Å². The van der Waals surface area contributed by atoms with Crippen molar-refractivity contribution in [2.75, 3.05) is 6.54 Å². The monoisotopic (exact) mass is 246 g/mol. The Morgan fingerprint density at radius 2 is 2.38 bits per heavy atom. The fraction of sp³-hybridized carbons (Fsp3) is 0.600. The average molecular weight is 247 g/mol. The fourth-order valence-electron chi connectivity index (χ4n) is 1.23. The number of aliphatic hydroxyl groups excluding tert-OH is 1. The molecule has 0 aliphatic heterocycles. The number of hydrogen-bond donors (Lipinski definition) is 2. The SMILES string of the molecule is Cc1noc(Cl)c1CCC(=O)NCC(C)O. The summed E-state index contributed by atoms with van der Waals surface area (Å²) in [6, 6.07) is 0. The van der Waals surface area contributed by atoms with E-state index < -0.39 is 6.10 Å². The number of carbonyl (C=O) groups is 1. The highest BCUT2D eigenvalue weighted by Gasteiger charge is 2.12. The summed E-state index contributed by atoms with van der Waals surface area (Å²) < 4.78 is 4.77. The summed E-state index contributed by atoms with van der Waals surface area (Å²) in [6.45, 7) is 3.65. The van der Waals surface area contributed by atoms with E-state index in [0.717, 1.165) is 5.56 Å². The lowest BCUT2D eigenvalue weighted by Gasteiger charge is -2.06. The van der Waals surface area contributed by atoms with Crippen LogP contribution in [0.2, 0.25) is 5.22 Å². The van der Waals surface area contributed by atoms with E-state index in [2.05, 4.69) is 10.5 Å².